The highest BCUT2D eigenvalue weighted by Gasteiger charge is 1.74. The summed E-state index contributed by atoms with van der Waals surface area (Å²) < 4.78 is 1.97. The maximum absolute atomic E-state index is 8.26. The van der Waals surface area contributed by atoms with E-state index in [0.717, 1.165) is 12.8 Å². The molecule has 0 saturated heterocycles. The third-order valence-corrected chi connectivity index (χ3v) is 1.13. The minimum Gasteiger partial charge on any atom is -0.396 e. The van der Waals surface area contributed by atoms with E-state index in [2.05, 4.69) is 22.6 Å². The quantitative estimate of drug-likeness (QED) is 0.557. The van der Waals surface area contributed by atoms with Gasteiger partial charge in [-0.25, -0.2) is 0 Å². The Kier molecular flexibility index (Phi) is 6.82. The van der Waals surface area contributed by atoms with Crippen LogP contribution in [0.4, 0.5) is 0 Å². The van der Waals surface area contributed by atoms with Gasteiger partial charge < -0.3 is 5.11 Å². The molecule has 0 aromatic rings. The molecule has 2 heteroatoms. The Labute approximate surface area is 57.6 Å². The Hall–Kier alpha value is 0.430. The van der Waals surface area contributed by atoms with Gasteiger partial charge in [-0.1, -0.05) is 28.7 Å². The first kappa shape index (κ1) is 7.43. The second kappa shape index (κ2) is 6.43. The zero-order chi connectivity index (χ0) is 5.54. The molecule has 1 N–H and O–H groups in total. The SMILES string of the molecule is OCCCC=CI. The van der Waals surface area contributed by atoms with Gasteiger partial charge in [0.1, 0.15) is 0 Å². The van der Waals surface area contributed by atoms with Gasteiger partial charge >= 0.3 is 0 Å². The molecular formula is C5H9IO. The Morgan fingerprint density at radius 1 is 1.57 bits per heavy atom. The Morgan fingerprint density at radius 3 is 2.71 bits per heavy atom. The lowest BCUT2D eigenvalue weighted by Crippen LogP contribution is -1.76. The van der Waals surface area contributed by atoms with Crippen LogP contribution in [0, 0.1) is 0 Å². The first-order chi connectivity index (χ1) is 3.41. The van der Waals surface area contributed by atoms with E-state index in [4.69, 9.17) is 5.11 Å². The smallest absolute Gasteiger partial charge is 0.0433 e. The van der Waals surface area contributed by atoms with Gasteiger partial charge in [-0.3, -0.25) is 0 Å². The molecular weight excluding hydrogens is 203 g/mol. The van der Waals surface area contributed by atoms with Gasteiger partial charge in [0.05, 0.1) is 0 Å². The van der Waals surface area contributed by atoms with Crippen molar-refractivity contribution in [3.05, 3.63) is 10.2 Å². The van der Waals surface area contributed by atoms with Crippen LogP contribution < -0.4 is 0 Å². The van der Waals surface area contributed by atoms with Crippen molar-refractivity contribution in [1.29, 1.82) is 0 Å². The largest absolute Gasteiger partial charge is 0.396 e. The van der Waals surface area contributed by atoms with E-state index in [1.807, 2.05) is 10.2 Å². The molecule has 7 heavy (non-hydrogen) atoms. The first-order valence-corrected chi connectivity index (χ1v) is 3.52. The van der Waals surface area contributed by atoms with E-state index in [9.17, 15) is 0 Å². The zero-order valence-corrected chi connectivity index (χ0v) is 6.26. The maximum atomic E-state index is 8.26. The van der Waals surface area contributed by atoms with Crippen LogP contribution in [0.2, 0.25) is 0 Å². The number of hydrogen-bond donors (Lipinski definition) is 1. The van der Waals surface area contributed by atoms with Gasteiger partial charge in [0, 0.05) is 6.61 Å². The van der Waals surface area contributed by atoms with Crippen LogP contribution in [0.5, 0.6) is 0 Å². The third kappa shape index (κ3) is 6.43. The molecule has 0 amide bonds. The molecule has 1 nitrogen and oxygen atoms in total. The van der Waals surface area contributed by atoms with Gasteiger partial charge in [0.2, 0.25) is 0 Å². The van der Waals surface area contributed by atoms with E-state index in [1.54, 1.807) is 0 Å². The molecule has 0 aromatic carbocycles. The van der Waals surface area contributed by atoms with Crippen molar-refractivity contribution < 1.29 is 5.11 Å². The van der Waals surface area contributed by atoms with Crippen molar-refractivity contribution in [3.8, 4) is 0 Å². The van der Waals surface area contributed by atoms with Crippen LogP contribution in [0.1, 0.15) is 12.8 Å². The predicted molar refractivity (Wildman–Crippen MR) is 39.5 cm³/mol. The molecule has 0 spiro atoms. The molecule has 0 fully saturated rings. The molecule has 0 unspecified atom stereocenters. The second-order valence-electron chi connectivity index (χ2n) is 1.23. The maximum Gasteiger partial charge on any atom is 0.0433 e. The number of halogens is 1. The highest BCUT2D eigenvalue weighted by Crippen LogP contribution is 1.91. The fraction of sp³-hybridized carbons (Fsp3) is 0.600. The second-order valence-corrected chi connectivity index (χ2v) is 1.95. The number of allylic oxidation sites excluding steroid dienone is 1. The Morgan fingerprint density at radius 2 is 2.29 bits per heavy atom. The van der Waals surface area contributed by atoms with Gasteiger partial charge in [-0.05, 0) is 16.9 Å². The van der Waals surface area contributed by atoms with Crippen LogP contribution >= 0.6 is 22.6 Å². The van der Waals surface area contributed by atoms with E-state index >= 15 is 0 Å². The number of hydrogen-bond acceptors (Lipinski definition) is 1. The molecule has 0 bridgehead atoms. The lowest BCUT2D eigenvalue weighted by Gasteiger charge is -1.83. The van der Waals surface area contributed by atoms with E-state index in [-0.39, 0.29) is 0 Å². The van der Waals surface area contributed by atoms with Crippen molar-refractivity contribution in [2.75, 3.05) is 6.61 Å². The molecule has 42 valence electrons. The van der Waals surface area contributed by atoms with Crippen molar-refractivity contribution in [2.45, 2.75) is 12.8 Å². The molecule has 0 aliphatic rings. The number of aliphatic hydroxyl groups excluding tert-OH is 1. The molecule has 0 aliphatic carbocycles. The monoisotopic (exact) mass is 212 g/mol. The van der Waals surface area contributed by atoms with Crippen molar-refractivity contribution in [3.63, 3.8) is 0 Å². The van der Waals surface area contributed by atoms with E-state index in [0.29, 0.717) is 6.61 Å². The van der Waals surface area contributed by atoms with Gasteiger partial charge in [0.15, 0.2) is 0 Å². The summed E-state index contributed by atoms with van der Waals surface area (Å²) in [6.45, 7) is 0.307. The molecule has 0 aliphatic heterocycles. The van der Waals surface area contributed by atoms with Crippen LogP contribution in [-0.4, -0.2) is 11.7 Å². The van der Waals surface area contributed by atoms with Gasteiger partial charge in [0.25, 0.3) is 0 Å². The van der Waals surface area contributed by atoms with Crippen molar-refractivity contribution >= 4 is 22.6 Å². The fourth-order valence-electron chi connectivity index (χ4n) is 0.272. The summed E-state index contributed by atoms with van der Waals surface area (Å²) in [6, 6.07) is 0. The summed E-state index contributed by atoms with van der Waals surface area (Å²) in [6.07, 6.45) is 3.93. The van der Waals surface area contributed by atoms with Crippen molar-refractivity contribution in [1.82, 2.24) is 0 Å². The van der Waals surface area contributed by atoms with Gasteiger partial charge in [-0.15, -0.1) is 0 Å². The third-order valence-electron chi connectivity index (χ3n) is 0.618. The average Bonchev–Trinajstić information content (AvgIpc) is 1.69. The summed E-state index contributed by atoms with van der Waals surface area (Å²) in [5.74, 6) is 0. The highest BCUT2D eigenvalue weighted by atomic mass is 127. The Balaban J connectivity index is 2.69. The lowest BCUT2D eigenvalue weighted by molar-refractivity contribution is 0.289. The molecule has 0 saturated carbocycles. The van der Waals surface area contributed by atoms with Gasteiger partial charge in [-0.2, -0.15) is 0 Å². The zero-order valence-electron chi connectivity index (χ0n) is 4.10. The summed E-state index contributed by atoms with van der Waals surface area (Å²) >= 11 is 2.16. The van der Waals surface area contributed by atoms with Crippen molar-refractivity contribution in [2.24, 2.45) is 0 Å². The molecule has 0 rings (SSSR count). The minimum absolute atomic E-state index is 0.307. The normalized spacial score (nSPS) is 10.6. The molecule has 0 aromatic heterocycles. The topological polar surface area (TPSA) is 20.2 Å². The van der Waals surface area contributed by atoms with Crippen LogP contribution in [-0.2, 0) is 0 Å². The molecule has 0 radical (unpaired) electrons. The molecule has 0 heterocycles. The standard InChI is InChI=1S/C5H9IO/c6-4-2-1-3-5-7/h2,4,7H,1,3,5H2. The highest BCUT2D eigenvalue weighted by molar-refractivity contribution is 14.1. The summed E-state index contributed by atoms with van der Waals surface area (Å²) in [5, 5.41) is 8.26. The number of rotatable bonds is 3. The first-order valence-electron chi connectivity index (χ1n) is 2.28. The molecule has 0 atom stereocenters. The number of unbranched alkanes of at least 4 members (excludes halogenated alkanes) is 1. The van der Waals surface area contributed by atoms with E-state index in [1.165, 1.54) is 0 Å². The predicted octanol–water partition coefficient (Wildman–Crippen LogP) is 1.71. The lowest BCUT2D eigenvalue weighted by atomic mass is 10.3. The summed E-state index contributed by atoms with van der Waals surface area (Å²) in [7, 11) is 0. The Bertz CT molecular complexity index is 52.0. The summed E-state index contributed by atoms with van der Waals surface area (Å²) in [5.41, 5.74) is 0. The van der Waals surface area contributed by atoms with E-state index < -0.39 is 0 Å². The van der Waals surface area contributed by atoms with Crippen LogP contribution in [0.3, 0.4) is 0 Å². The summed E-state index contributed by atoms with van der Waals surface area (Å²) in [4.78, 5) is 0. The average molecular weight is 212 g/mol. The minimum atomic E-state index is 0.307. The fourth-order valence-corrected chi connectivity index (χ4v) is 0.632. The number of aliphatic hydroxyl groups is 1. The van der Waals surface area contributed by atoms with Crippen LogP contribution in [0.25, 0.3) is 0 Å². The van der Waals surface area contributed by atoms with Crippen LogP contribution in [0.15, 0.2) is 10.2 Å².